The van der Waals surface area contributed by atoms with Crippen LogP contribution in [0.15, 0.2) is 41.8 Å². The summed E-state index contributed by atoms with van der Waals surface area (Å²) in [6.07, 6.45) is 1.97. The molecule has 1 aliphatic rings. The standard InChI is InChI=1S/C18H20N2O2S2/c1-4-6-15(21)16-12(2)19-17(24-16)20-13-7-5-8-14(9-13)23-11-18(3)10-22-18/h4-5,7-9H,1,6,10-11H2,2-3H3,(H,19,20). The Hall–Kier alpha value is -1.63. The summed E-state index contributed by atoms with van der Waals surface area (Å²) in [4.78, 5) is 18.4. The Labute approximate surface area is 150 Å². The summed E-state index contributed by atoms with van der Waals surface area (Å²) < 4.78 is 5.42. The van der Waals surface area contributed by atoms with E-state index in [-0.39, 0.29) is 11.4 Å². The van der Waals surface area contributed by atoms with Crippen LogP contribution >= 0.6 is 23.1 Å². The van der Waals surface area contributed by atoms with Gasteiger partial charge in [-0.15, -0.1) is 18.3 Å². The van der Waals surface area contributed by atoms with E-state index < -0.39 is 0 Å². The van der Waals surface area contributed by atoms with Gasteiger partial charge in [0.05, 0.1) is 22.8 Å². The number of carbonyl (C=O) groups is 1. The fourth-order valence-corrected chi connectivity index (χ4v) is 4.12. The van der Waals surface area contributed by atoms with Gasteiger partial charge >= 0.3 is 0 Å². The van der Waals surface area contributed by atoms with E-state index in [0.29, 0.717) is 11.3 Å². The van der Waals surface area contributed by atoms with Gasteiger partial charge in [0, 0.05) is 22.8 Å². The molecule has 1 fully saturated rings. The van der Waals surface area contributed by atoms with Gasteiger partial charge in [-0.25, -0.2) is 4.98 Å². The number of aromatic nitrogens is 1. The SMILES string of the molecule is C=CCC(=O)c1sc(Nc2cccc(SCC3(C)CO3)c2)nc1C. The Morgan fingerprint density at radius 3 is 3.08 bits per heavy atom. The van der Waals surface area contributed by atoms with Gasteiger partial charge < -0.3 is 10.1 Å². The molecular formula is C18H20N2O2S2. The molecule has 4 nitrogen and oxygen atoms in total. The van der Waals surface area contributed by atoms with E-state index in [4.69, 9.17) is 4.74 Å². The number of benzene rings is 1. The Kier molecular flexibility index (Phi) is 5.08. The van der Waals surface area contributed by atoms with Crippen LogP contribution in [-0.4, -0.2) is 28.7 Å². The number of nitrogens with zero attached hydrogens (tertiary/aromatic N) is 1. The molecule has 0 bridgehead atoms. The van der Waals surface area contributed by atoms with Crippen LogP contribution in [0.3, 0.4) is 0 Å². The first-order chi connectivity index (χ1) is 11.5. The minimum atomic E-state index is 0.0426. The summed E-state index contributed by atoms with van der Waals surface area (Å²) in [7, 11) is 0. The van der Waals surface area contributed by atoms with Crippen LogP contribution in [0.5, 0.6) is 0 Å². The third-order valence-electron chi connectivity index (χ3n) is 3.65. The van der Waals surface area contributed by atoms with E-state index in [0.717, 1.165) is 28.9 Å². The molecule has 6 heteroatoms. The maximum absolute atomic E-state index is 12.0. The molecule has 1 atom stereocenters. The lowest BCUT2D eigenvalue weighted by Gasteiger charge is -2.07. The molecule has 0 radical (unpaired) electrons. The lowest BCUT2D eigenvalue weighted by molar-refractivity contribution is 0.0999. The predicted molar refractivity (Wildman–Crippen MR) is 101 cm³/mol. The summed E-state index contributed by atoms with van der Waals surface area (Å²) in [5, 5.41) is 4.04. The second-order valence-electron chi connectivity index (χ2n) is 6.03. The Morgan fingerprint density at radius 2 is 2.38 bits per heavy atom. The van der Waals surface area contributed by atoms with Crippen LogP contribution in [0.2, 0.25) is 0 Å². The zero-order valence-electron chi connectivity index (χ0n) is 13.8. The van der Waals surface area contributed by atoms with Crippen molar-refractivity contribution >= 4 is 39.7 Å². The summed E-state index contributed by atoms with van der Waals surface area (Å²) in [6.45, 7) is 8.45. The second kappa shape index (κ2) is 7.09. The number of ketones is 1. The minimum absolute atomic E-state index is 0.0426. The van der Waals surface area contributed by atoms with E-state index in [2.05, 4.69) is 35.9 Å². The van der Waals surface area contributed by atoms with Crippen molar-refractivity contribution in [1.29, 1.82) is 0 Å². The highest BCUT2D eigenvalue weighted by Gasteiger charge is 2.38. The highest BCUT2D eigenvalue weighted by Crippen LogP contribution is 2.34. The maximum atomic E-state index is 12.0. The van der Waals surface area contributed by atoms with Crippen molar-refractivity contribution in [2.24, 2.45) is 0 Å². The van der Waals surface area contributed by atoms with Crippen molar-refractivity contribution < 1.29 is 9.53 Å². The number of nitrogens with one attached hydrogen (secondary N) is 1. The third kappa shape index (κ3) is 4.26. The number of Topliss-reactive ketones (excluding diaryl/α,β-unsaturated/α-hetero) is 1. The fraction of sp³-hybridized carbons (Fsp3) is 0.333. The van der Waals surface area contributed by atoms with Gasteiger partial charge in [0.15, 0.2) is 10.9 Å². The average Bonchev–Trinajstić information content (AvgIpc) is 3.18. The number of rotatable bonds is 8. The van der Waals surface area contributed by atoms with Crippen LogP contribution in [-0.2, 0) is 4.74 Å². The van der Waals surface area contributed by atoms with E-state index in [1.54, 1.807) is 17.8 Å². The van der Waals surface area contributed by atoms with Crippen LogP contribution in [0, 0.1) is 6.92 Å². The summed E-state index contributed by atoms with van der Waals surface area (Å²) in [6, 6.07) is 8.21. The Balaban J connectivity index is 1.68. The number of epoxide rings is 1. The van der Waals surface area contributed by atoms with Gasteiger partial charge in [0.1, 0.15) is 0 Å². The highest BCUT2D eigenvalue weighted by atomic mass is 32.2. The zero-order valence-corrected chi connectivity index (χ0v) is 15.4. The van der Waals surface area contributed by atoms with Gasteiger partial charge in [-0.05, 0) is 32.0 Å². The van der Waals surface area contributed by atoms with Gasteiger partial charge in [0.25, 0.3) is 0 Å². The van der Waals surface area contributed by atoms with Gasteiger partial charge in [-0.2, -0.15) is 0 Å². The van der Waals surface area contributed by atoms with Crippen LogP contribution in [0.25, 0.3) is 0 Å². The molecule has 1 aromatic heterocycles. The van der Waals surface area contributed by atoms with Gasteiger partial charge in [0.2, 0.25) is 0 Å². The highest BCUT2D eigenvalue weighted by molar-refractivity contribution is 7.99. The van der Waals surface area contributed by atoms with E-state index in [1.807, 2.05) is 19.1 Å². The normalized spacial score (nSPS) is 19.1. The number of allylic oxidation sites excluding steroid dienone is 1. The topological polar surface area (TPSA) is 54.5 Å². The summed E-state index contributed by atoms with van der Waals surface area (Å²) in [5.41, 5.74) is 1.78. The molecule has 126 valence electrons. The number of hydrogen-bond acceptors (Lipinski definition) is 6. The molecule has 0 aliphatic carbocycles. The molecule has 1 aliphatic heterocycles. The van der Waals surface area contributed by atoms with E-state index in [9.17, 15) is 4.79 Å². The van der Waals surface area contributed by atoms with Crippen molar-refractivity contribution in [3.8, 4) is 0 Å². The smallest absolute Gasteiger partial charge is 0.188 e. The average molecular weight is 361 g/mol. The fourth-order valence-electron chi connectivity index (χ4n) is 2.16. The molecule has 1 N–H and O–H groups in total. The van der Waals surface area contributed by atoms with E-state index >= 15 is 0 Å². The molecule has 0 amide bonds. The molecule has 3 rings (SSSR count). The monoisotopic (exact) mass is 360 g/mol. The molecule has 24 heavy (non-hydrogen) atoms. The lowest BCUT2D eigenvalue weighted by Crippen LogP contribution is -2.07. The molecule has 1 unspecified atom stereocenters. The quantitative estimate of drug-likeness (QED) is 0.316. The number of ether oxygens (including phenoxy) is 1. The minimum Gasteiger partial charge on any atom is -0.369 e. The number of anilines is 2. The molecule has 0 spiro atoms. The van der Waals surface area contributed by atoms with Crippen molar-refractivity contribution in [2.45, 2.75) is 30.8 Å². The second-order valence-corrected chi connectivity index (χ2v) is 8.08. The summed E-state index contributed by atoms with van der Waals surface area (Å²) in [5.74, 6) is 1.02. The van der Waals surface area contributed by atoms with Crippen molar-refractivity contribution in [3.63, 3.8) is 0 Å². The Morgan fingerprint density at radius 1 is 1.58 bits per heavy atom. The third-order valence-corrected chi connectivity index (χ3v) is 6.10. The van der Waals surface area contributed by atoms with Crippen molar-refractivity contribution in [2.75, 3.05) is 17.7 Å². The van der Waals surface area contributed by atoms with Gasteiger partial charge in [-0.1, -0.05) is 23.5 Å². The number of thioether (sulfide) groups is 1. The molecular weight excluding hydrogens is 340 g/mol. The van der Waals surface area contributed by atoms with E-state index in [1.165, 1.54) is 16.2 Å². The lowest BCUT2D eigenvalue weighted by atomic mass is 10.2. The predicted octanol–water partition coefficient (Wildman–Crippen LogP) is 4.83. The van der Waals surface area contributed by atoms with Gasteiger partial charge in [-0.3, -0.25) is 4.79 Å². The first kappa shape index (κ1) is 17.2. The molecule has 2 aromatic rings. The maximum Gasteiger partial charge on any atom is 0.188 e. The number of aryl methyl sites for hydroxylation is 1. The molecule has 0 saturated carbocycles. The number of carbonyl (C=O) groups excluding carboxylic acids is 1. The Bertz CT molecular complexity index is 766. The molecule has 2 heterocycles. The van der Waals surface area contributed by atoms with Crippen LogP contribution in [0.4, 0.5) is 10.8 Å². The number of hydrogen-bond donors (Lipinski definition) is 1. The van der Waals surface area contributed by atoms with Crippen molar-refractivity contribution in [3.05, 3.63) is 47.5 Å². The first-order valence-corrected chi connectivity index (χ1v) is 9.55. The first-order valence-electron chi connectivity index (χ1n) is 7.74. The molecule has 1 saturated heterocycles. The van der Waals surface area contributed by atoms with Crippen LogP contribution < -0.4 is 5.32 Å². The largest absolute Gasteiger partial charge is 0.369 e. The zero-order chi connectivity index (χ0) is 17.2. The molecule has 1 aromatic carbocycles. The summed E-state index contributed by atoms with van der Waals surface area (Å²) >= 11 is 3.18. The van der Waals surface area contributed by atoms with Crippen molar-refractivity contribution in [1.82, 2.24) is 4.98 Å². The number of thiazole rings is 1. The van der Waals surface area contributed by atoms with Crippen LogP contribution in [0.1, 0.15) is 28.7 Å².